The molecule has 7 heteroatoms. The fourth-order valence-electron chi connectivity index (χ4n) is 4.11. The molecule has 3 aromatic rings. The Kier molecular flexibility index (Phi) is 4.10. The van der Waals surface area contributed by atoms with Gasteiger partial charge >= 0.3 is 0 Å². The van der Waals surface area contributed by atoms with Gasteiger partial charge in [0.2, 0.25) is 0 Å². The van der Waals surface area contributed by atoms with Crippen molar-refractivity contribution in [3.8, 4) is 6.07 Å². The van der Waals surface area contributed by atoms with E-state index in [4.69, 9.17) is 10.00 Å². The van der Waals surface area contributed by atoms with E-state index >= 15 is 0 Å². The van der Waals surface area contributed by atoms with Crippen LogP contribution in [0.5, 0.6) is 0 Å². The summed E-state index contributed by atoms with van der Waals surface area (Å²) >= 11 is 0. The first-order valence-corrected chi connectivity index (χ1v) is 9.79. The first kappa shape index (κ1) is 17.8. The van der Waals surface area contributed by atoms with Crippen LogP contribution in [0, 0.1) is 23.7 Å². The lowest BCUT2D eigenvalue weighted by Gasteiger charge is -2.55. The number of benzene rings is 1. The summed E-state index contributed by atoms with van der Waals surface area (Å²) in [5.74, 6) is 0.706. The van der Waals surface area contributed by atoms with Crippen molar-refractivity contribution in [2.24, 2.45) is 5.41 Å². The summed E-state index contributed by atoms with van der Waals surface area (Å²) in [5, 5.41) is 22.3. The molecule has 146 valence electrons. The number of fused-ring (bicyclic) bond motifs is 1. The molecule has 0 bridgehead atoms. The van der Waals surface area contributed by atoms with Gasteiger partial charge in [0.25, 0.3) is 0 Å². The van der Waals surface area contributed by atoms with E-state index in [1.807, 2.05) is 31.3 Å². The zero-order chi connectivity index (χ0) is 20.0. The van der Waals surface area contributed by atoms with E-state index in [1.54, 1.807) is 6.07 Å². The minimum atomic E-state index is -0.0217. The molecule has 0 saturated carbocycles. The van der Waals surface area contributed by atoms with Crippen LogP contribution in [-0.2, 0) is 4.74 Å². The van der Waals surface area contributed by atoms with Gasteiger partial charge in [-0.25, -0.2) is 0 Å². The molecule has 5 rings (SSSR count). The van der Waals surface area contributed by atoms with Crippen LogP contribution in [0.25, 0.3) is 10.9 Å². The first-order valence-electron chi connectivity index (χ1n) is 9.79. The smallest absolute Gasteiger partial charge is 0.158 e. The molecule has 7 nitrogen and oxygen atoms in total. The molecule has 0 aliphatic carbocycles. The number of ether oxygens (including phenoxy) is 1. The molecule has 1 spiro atoms. The SMILES string of the molecule is Cc1nnc(NC(C)c2cccc(C#N)c2)c2cc(N3CC4(COC4)C3)cnc12. The highest BCUT2D eigenvalue weighted by Gasteiger charge is 2.49. The Morgan fingerprint density at radius 1 is 1.24 bits per heavy atom. The number of nitrogens with zero attached hydrogens (tertiary/aromatic N) is 5. The maximum Gasteiger partial charge on any atom is 0.158 e. The second-order valence-electron chi connectivity index (χ2n) is 8.18. The lowest BCUT2D eigenvalue weighted by atomic mass is 9.78. The summed E-state index contributed by atoms with van der Waals surface area (Å²) < 4.78 is 5.38. The molecule has 29 heavy (non-hydrogen) atoms. The van der Waals surface area contributed by atoms with Gasteiger partial charge in [-0.1, -0.05) is 12.1 Å². The van der Waals surface area contributed by atoms with Crippen LogP contribution in [0.4, 0.5) is 11.5 Å². The second-order valence-corrected chi connectivity index (χ2v) is 8.18. The Labute approximate surface area is 169 Å². The average Bonchev–Trinajstić information content (AvgIpc) is 2.68. The van der Waals surface area contributed by atoms with E-state index < -0.39 is 0 Å². The number of hydrogen-bond acceptors (Lipinski definition) is 7. The Bertz CT molecular complexity index is 1130. The highest BCUT2D eigenvalue weighted by atomic mass is 16.5. The summed E-state index contributed by atoms with van der Waals surface area (Å²) in [6, 6.07) is 11.9. The Balaban J connectivity index is 1.45. The molecule has 1 unspecified atom stereocenters. The van der Waals surface area contributed by atoms with Crippen molar-refractivity contribution < 1.29 is 4.74 Å². The molecular weight excluding hydrogens is 364 g/mol. The summed E-state index contributed by atoms with van der Waals surface area (Å²) in [5.41, 5.74) is 4.78. The second kappa shape index (κ2) is 6.68. The molecule has 0 amide bonds. The minimum absolute atomic E-state index is 0.0217. The molecule has 2 saturated heterocycles. The summed E-state index contributed by atoms with van der Waals surface area (Å²) in [4.78, 5) is 7.03. The van der Waals surface area contributed by atoms with Crippen LogP contribution in [0.15, 0.2) is 36.5 Å². The van der Waals surface area contributed by atoms with Crippen molar-refractivity contribution in [1.29, 1.82) is 5.26 Å². The highest BCUT2D eigenvalue weighted by molar-refractivity contribution is 5.92. The number of rotatable bonds is 4. The normalized spacial score (nSPS) is 18.0. The maximum absolute atomic E-state index is 9.16. The Morgan fingerprint density at radius 2 is 2.07 bits per heavy atom. The number of anilines is 2. The van der Waals surface area contributed by atoms with Crippen LogP contribution >= 0.6 is 0 Å². The topological polar surface area (TPSA) is 87.0 Å². The Morgan fingerprint density at radius 3 is 2.79 bits per heavy atom. The van der Waals surface area contributed by atoms with E-state index in [0.29, 0.717) is 16.8 Å². The van der Waals surface area contributed by atoms with E-state index in [1.165, 1.54) is 0 Å². The average molecular weight is 386 g/mol. The molecular formula is C22H22N6O. The maximum atomic E-state index is 9.16. The molecule has 2 aliphatic rings. The Hall–Kier alpha value is -3.24. The third kappa shape index (κ3) is 3.06. The zero-order valence-electron chi connectivity index (χ0n) is 16.5. The number of nitriles is 1. The summed E-state index contributed by atoms with van der Waals surface area (Å²) in [6.07, 6.45) is 1.92. The van der Waals surface area contributed by atoms with E-state index in [2.05, 4.69) is 44.5 Å². The van der Waals surface area contributed by atoms with Crippen LogP contribution in [0.3, 0.4) is 0 Å². The molecule has 2 aliphatic heterocycles. The lowest BCUT2D eigenvalue weighted by molar-refractivity contribution is -0.127. The van der Waals surface area contributed by atoms with Crippen LogP contribution in [-0.4, -0.2) is 41.5 Å². The van der Waals surface area contributed by atoms with Crippen LogP contribution < -0.4 is 10.2 Å². The van der Waals surface area contributed by atoms with Gasteiger partial charge in [-0.15, -0.1) is 5.10 Å². The highest BCUT2D eigenvalue weighted by Crippen LogP contribution is 2.41. The number of aromatic nitrogens is 3. The molecule has 1 atom stereocenters. The molecule has 0 radical (unpaired) electrons. The third-order valence-electron chi connectivity index (χ3n) is 5.87. The van der Waals surface area contributed by atoms with Gasteiger partial charge < -0.3 is 15.0 Å². The first-order chi connectivity index (χ1) is 14.1. The largest absolute Gasteiger partial charge is 0.380 e. The van der Waals surface area contributed by atoms with Gasteiger partial charge in [0.15, 0.2) is 5.82 Å². The van der Waals surface area contributed by atoms with Crippen LogP contribution in [0.1, 0.15) is 29.8 Å². The summed E-state index contributed by atoms with van der Waals surface area (Å²) in [7, 11) is 0. The standard InChI is InChI=1S/C22H22N6O/c1-14(17-5-3-4-16(6-17)8-23)25-21-19-7-18(9-24-20(19)15(2)26-27-21)28-10-22(11-28)12-29-13-22/h3-7,9,14H,10-13H2,1-2H3,(H,25,27). The fourth-order valence-corrected chi connectivity index (χ4v) is 4.11. The number of hydrogen-bond donors (Lipinski definition) is 1. The molecule has 2 aromatic heterocycles. The van der Waals surface area contributed by atoms with Crippen molar-refractivity contribution >= 4 is 22.4 Å². The van der Waals surface area contributed by atoms with Gasteiger partial charge in [-0.2, -0.15) is 10.4 Å². The monoisotopic (exact) mass is 386 g/mol. The quantitative estimate of drug-likeness (QED) is 0.737. The fraction of sp³-hybridized carbons (Fsp3) is 0.364. The number of aryl methyl sites for hydroxylation is 1. The van der Waals surface area contributed by atoms with Crippen molar-refractivity contribution in [3.63, 3.8) is 0 Å². The molecule has 1 aromatic carbocycles. The van der Waals surface area contributed by atoms with Crippen LogP contribution in [0.2, 0.25) is 0 Å². The zero-order valence-corrected chi connectivity index (χ0v) is 16.5. The molecule has 4 heterocycles. The van der Waals surface area contributed by atoms with Gasteiger partial charge in [0.05, 0.1) is 59.4 Å². The predicted molar refractivity (Wildman–Crippen MR) is 111 cm³/mol. The third-order valence-corrected chi connectivity index (χ3v) is 5.87. The number of pyridine rings is 1. The van der Waals surface area contributed by atoms with E-state index in [0.717, 1.165) is 54.2 Å². The van der Waals surface area contributed by atoms with Crippen molar-refractivity contribution in [2.45, 2.75) is 19.9 Å². The lowest BCUT2D eigenvalue weighted by Crippen LogP contribution is -2.66. The van der Waals surface area contributed by atoms with Crippen molar-refractivity contribution in [3.05, 3.63) is 53.3 Å². The summed E-state index contributed by atoms with van der Waals surface area (Å²) in [6.45, 7) is 7.73. The van der Waals surface area contributed by atoms with Crippen molar-refractivity contribution in [2.75, 3.05) is 36.5 Å². The van der Waals surface area contributed by atoms with E-state index in [9.17, 15) is 0 Å². The van der Waals surface area contributed by atoms with Gasteiger partial charge in [0, 0.05) is 18.5 Å². The van der Waals surface area contributed by atoms with E-state index in [-0.39, 0.29) is 6.04 Å². The van der Waals surface area contributed by atoms with Crippen molar-refractivity contribution in [1.82, 2.24) is 15.2 Å². The predicted octanol–water partition coefficient (Wildman–Crippen LogP) is 3.21. The minimum Gasteiger partial charge on any atom is -0.380 e. The molecule has 2 fully saturated rings. The van der Waals surface area contributed by atoms with Gasteiger partial charge in [-0.05, 0) is 37.6 Å². The molecule has 1 N–H and O–H groups in total. The van der Waals surface area contributed by atoms with Gasteiger partial charge in [-0.3, -0.25) is 4.98 Å². The number of nitrogens with one attached hydrogen (secondary N) is 1. The van der Waals surface area contributed by atoms with Gasteiger partial charge in [0.1, 0.15) is 0 Å².